The van der Waals surface area contributed by atoms with Crippen molar-refractivity contribution in [1.82, 2.24) is 0 Å². The molecule has 3 aromatic rings. The van der Waals surface area contributed by atoms with Crippen LogP contribution in [0.15, 0.2) is 79.0 Å². The van der Waals surface area contributed by atoms with Gasteiger partial charge in [0.1, 0.15) is 17.4 Å². The fourth-order valence-electron chi connectivity index (χ4n) is 2.54. The van der Waals surface area contributed by atoms with E-state index in [1.165, 1.54) is 17.8 Å². The summed E-state index contributed by atoms with van der Waals surface area (Å²) < 4.78 is 6.56. The summed E-state index contributed by atoms with van der Waals surface area (Å²) in [5, 5.41) is 12.9. The molecule has 1 heterocycles. The van der Waals surface area contributed by atoms with Gasteiger partial charge in [-0.2, -0.15) is 5.26 Å². The molecule has 0 aliphatic carbocycles. The third-order valence-corrected chi connectivity index (χ3v) is 5.76. The quantitative estimate of drug-likeness (QED) is 0.361. The summed E-state index contributed by atoms with van der Waals surface area (Å²) in [5.74, 6) is -0.0446. The summed E-state index contributed by atoms with van der Waals surface area (Å²) >= 11 is 4.92. The Kier molecular flexibility index (Phi) is 6.40. The fourth-order valence-corrected chi connectivity index (χ4v) is 3.89. The fraction of sp³-hybridized carbons (Fsp3) is 0.0909. The van der Waals surface area contributed by atoms with Crippen molar-refractivity contribution in [3.05, 3.63) is 81.5 Å². The maximum absolute atomic E-state index is 12.5. The summed E-state index contributed by atoms with van der Waals surface area (Å²) in [5.41, 5.74) is 2.69. The SMILES string of the molecule is Cc1ccc(NC(=O)/C(C#N)=C\c2cc(Br)c(Sc3ccccc3)o2)c(C)c1. The number of carbonyl (C=O) groups is 1. The number of anilines is 1. The van der Waals surface area contributed by atoms with Crippen LogP contribution in [0.2, 0.25) is 0 Å². The number of hydrogen-bond donors (Lipinski definition) is 1. The third-order valence-electron chi connectivity index (χ3n) is 3.91. The minimum absolute atomic E-state index is 0.0301. The number of hydrogen-bond acceptors (Lipinski definition) is 4. The first-order valence-electron chi connectivity index (χ1n) is 8.49. The van der Waals surface area contributed by atoms with Gasteiger partial charge in [0.15, 0.2) is 5.09 Å². The zero-order valence-corrected chi connectivity index (χ0v) is 17.7. The average Bonchev–Trinajstić information content (AvgIpc) is 3.02. The monoisotopic (exact) mass is 452 g/mol. The Morgan fingerprint density at radius 3 is 2.61 bits per heavy atom. The Hall–Kier alpha value is -2.75. The molecule has 0 aliphatic heterocycles. The Bertz CT molecular complexity index is 1080. The molecule has 2 aromatic carbocycles. The maximum Gasteiger partial charge on any atom is 0.266 e. The minimum atomic E-state index is -0.473. The topological polar surface area (TPSA) is 66.0 Å². The van der Waals surface area contributed by atoms with Crippen LogP contribution in [0.1, 0.15) is 16.9 Å². The van der Waals surface area contributed by atoms with Crippen LogP contribution in [0.4, 0.5) is 5.69 Å². The Morgan fingerprint density at radius 2 is 1.93 bits per heavy atom. The molecule has 0 atom stereocenters. The lowest BCUT2D eigenvalue weighted by atomic mass is 10.1. The molecule has 1 N–H and O–H groups in total. The van der Waals surface area contributed by atoms with Crippen LogP contribution >= 0.6 is 27.7 Å². The second-order valence-corrected chi connectivity index (χ2v) is 8.04. The van der Waals surface area contributed by atoms with Crippen LogP contribution in [0.25, 0.3) is 6.08 Å². The first kappa shape index (κ1) is 20.0. The maximum atomic E-state index is 12.5. The van der Waals surface area contributed by atoms with Gasteiger partial charge in [-0.05, 0) is 59.6 Å². The molecular weight excluding hydrogens is 436 g/mol. The van der Waals surface area contributed by atoms with Crippen LogP contribution in [0, 0.1) is 25.2 Å². The number of rotatable bonds is 5. The molecule has 0 spiro atoms. The number of nitrogens with zero attached hydrogens (tertiary/aromatic N) is 1. The lowest BCUT2D eigenvalue weighted by molar-refractivity contribution is -0.112. The van der Waals surface area contributed by atoms with Crippen molar-refractivity contribution in [2.24, 2.45) is 0 Å². The van der Waals surface area contributed by atoms with Gasteiger partial charge in [0.25, 0.3) is 5.91 Å². The molecule has 0 aliphatic rings. The van der Waals surface area contributed by atoms with E-state index < -0.39 is 5.91 Å². The number of benzene rings is 2. The van der Waals surface area contributed by atoms with Gasteiger partial charge in [-0.25, -0.2) is 0 Å². The Labute approximate surface area is 176 Å². The average molecular weight is 453 g/mol. The van der Waals surface area contributed by atoms with E-state index in [1.807, 2.05) is 68.4 Å². The van der Waals surface area contributed by atoms with Crippen molar-refractivity contribution in [2.75, 3.05) is 5.32 Å². The zero-order valence-electron chi connectivity index (χ0n) is 15.3. The van der Waals surface area contributed by atoms with Crippen molar-refractivity contribution in [3.63, 3.8) is 0 Å². The van der Waals surface area contributed by atoms with Crippen LogP contribution in [0.5, 0.6) is 0 Å². The van der Waals surface area contributed by atoms with Crippen LogP contribution < -0.4 is 5.32 Å². The lowest BCUT2D eigenvalue weighted by Crippen LogP contribution is -2.14. The van der Waals surface area contributed by atoms with Gasteiger partial charge in [-0.3, -0.25) is 4.79 Å². The van der Waals surface area contributed by atoms with E-state index in [4.69, 9.17) is 4.42 Å². The third kappa shape index (κ3) is 4.94. The number of aryl methyl sites for hydroxylation is 2. The lowest BCUT2D eigenvalue weighted by Gasteiger charge is -2.08. The molecule has 6 heteroatoms. The van der Waals surface area contributed by atoms with Crippen molar-refractivity contribution in [3.8, 4) is 6.07 Å². The number of halogens is 1. The van der Waals surface area contributed by atoms with Gasteiger partial charge in [-0.15, -0.1) is 0 Å². The first-order valence-corrected chi connectivity index (χ1v) is 10.1. The first-order chi connectivity index (χ1) is 13.5. The van der Waals surface area contributed by atoms with Gasteiger partial charge < -0.3 is 9.73 Å². The molecule has 140 valence electrons. The number of nitriles is 1. The Morgan fingerprint density at radius 1 is 1.18 bits per heavy atom. The smallest absolute Gasteiger partial charge is 0.266 e. The van der Waals surface area contributed by atoms with E-state index in [1.54, 1.807) is 6.07 Å². The van der Waals surface area contributed by atoms with E-state index >= 15 is 0 Å². The Balaban J connectivity index is 1.79. The van der Waals surface area contributed by atoms with Gasteiger partial charge in [0, 0.05) is 16.7 Å². The largest absolute Gasteiger partial charge is 0.449 e. The molecule has 0 unspecified atom stereocenters. The van der Waals surface area contributed by atoms with Crippen LogP contribution in [-0.2, 0) is 4.79 Å². The molecule has 1 aromatic heterocycles. The predicted octanol–water partition coefficient (Wildman–Crippen LogP) is 6.36. The van der Waals surface area contributed by atoms with Crippen molar-refractivity contribution < 1.29 is 9.21 Å². The highest BCUT2D eigenvalue weighted by Gasteiger charge is 2.14. The standard InChI is InChI=1S/C22H17BrN2O2S/c1-14-8-9-20(15(2)10-14)25-21(26)16(13-24)11-17-12-19(23)22(27-17)28-18-6-4-3-5-7-18/h3-12H,1-2H3,(H,25,26)/b16-11-. The van der Waals surface area contributed by atoms with Crippen molar-refractivity contribution in [2.45, 2.75) is 23.8 Å². The van der Waals surface area contributed by atoms with Gasteiger partial charge >= 0.3 is 0 Å². The molecule has 1 amide bonds. The highest BCUT2D eigenvalue weighted by Crippen LogP contribution is 2.36. The summed E-state index contributed by atoms with van der Waals surface area (Å²) in [6.07, 6.45) is 1.44. The van der Waals surface area contributed by atoms with Crippen LogP contribution in [-0.4, -0.2) is 5.91 Å². The van der Waals surface area contributed by atoms with E-state index in [0.717, 1.165) is 20.5 Å². The van der Waals surface area contributed by atoms with E-state index in [0.29, 0.717) is 16.5 Å². The number of carbonyl (C=O) groups excluding carboxylic acids is 1. The summed E-state index contributed by atoms with van der Waals surface area (Å²) in [7, 11) is 0. The minimum Gasteiger partial charge on any atom is -0.449 e. The highest BCUT2D eigenvalue weighted by molar-refractivity contribution is 9.10. The molecule has 0 saturated heterocycles. The van der Waals surface area contributed by atoms with E-state index in [9.17, 15) is 10.1 Å². The number of amides is 1. The molecule has 0 radical (unpaired) electrons. The summed E-state index contributed by atoms with van der Waals surface area (Å²) in [6, 6.07) is 19.2. The molecule has 0 saturated carbocycles. The van der Waals surface area contributed by atoms with Crippen molar-refractivity contribution >= 4 is 45.4 Å². The van der Waals surface area contributed by atoms with E-state index in [-0.39, 0.29) is 5.57 Å². The van der Waals surface area contributed by atoms with Crippen molar-refractivity contribution in [1.29, 1.82) is 5.26 Å². The highest BCUT2D eigenvalue weighted by atomic mass is 79.9. The number of furan rings is 1. The van der Waals surface area contributed by atoms with Gasteiger partial charge in [0.2, 0.25) is 0 Å². The normalized spacial score (nSPS) is 11.1. The second kappa shape index (κ2) is 8.96. The molecule has 0 bridgehead atoms. The van der Waals surface area contributed by atoms with Gasteiger partial charge in [-0.1, -0.05) is 47.7 Å². The molecular formula is C22H17BrN2O2S. The van der Waals surface area contributed by atoms with Crippen LogP contribution in [0.3, 0.4) is 0 Å². The summed E-state index contributed by atoms with van der Waals surface area (Å²) in [4.78, 5) is 13.5. The van der Waals surface area contributed by atoms with E-state index in [2.05, 4.69) is 21.2 Å². The molecule has 4 nitrogen and oxygen atoms in total. The predicted molar refractivity (Wildman–Crippen MR) is 115 cm³/mol. The van der Waals surface area contributed by atoms with Gasteiger partial charge in [0.05, 0.1) is 4.47 Å². The summed E-state index contributed by atoms with van der Waals surface area (Å²) in [6.45, 7) is 3.90. The number of nitrogens with one attached hydrogen (secondary N) is 1. The zero-order chi connectivity index (χ0) is 20.1. The molecule has 28 heavy (non-hydrogen) atoms. The second-order valence-electron chi connectivity index (χ2n) is 6.14. The molecule has 0 fully saturated rings. The molecule has 3 rings (SSSR count).